The fraction of sp³-hybridized carbons (Fsp3) is 0.875. The second-order valence-corrected chi connectivity index (χ2v) is 7.25. The summed E-state index contributed by atoms with van der Waals surface area (Å²) in [5.41, 5.74) is -0.371. The molecule has 9 nitrogen and oxygen atoms in total. The zero-order chi connectivity index (χ0) is 17.9. The van der Waals surface area contributed by atoms with Crippen LogP contribution < -0.4 is 5.32 Å². The van der Waals surface area contributed by atoms with E-state index in [2.05, 4.69) is 25.7 Å². The summed E-state index contributed by atoms with van der Waals surface area (Å²) >= 11 is 0. The van der Waals surface area contributed by atoms with Gasteiger partial charge < -0.3 is 15.0 Å². The molecule has 2 heterocycles. The molecule has 1 aliphatic heterocycles. The van der Waals surface area contributed by atoms with Crippen molar-refractivity contribution in [3.63, 3.8) is 0 Å². The molecule has 2 aliphatic rings. The van der Waals surface area contributed by atoms with Crippen molar-refractivity contribution in [1.82, 2.24) is 35.3 Å². The molecule has 1 aromatic rings. The number of carbonyl (C=O) groups is 1. The SMILES string of the molecule is COCCn1nnnc1C1(N(C)C)CCN(C(=O)NC2CCCC2)C1. The third-order valence-electron chi connectivity index (χ3n) is 5.53. The second kappa shape index (κ2) is 7.65. The van der Waals surface area contributed by atoms with E-state index < -0.39 is 0 Å². The van der Waals surface area contributed by atoms with E-state index in [0.717, 1.165) is 25.1 Å². The van der Waals surface area contributed by atoms with Crippen LogP contribution in [0.4, 0.5) is 4.79 Å². The van der Waals surface area contributed by atoms with Crippen molar-refractivity contribution in [2.75, 3.05) is 40.9 Å². The number of rotatable bonds is 6. The van der Waals surface area contributed by atoms with E-state index in [4.69, 9.17) is 4.74 Å². The average Bonchev–Trinajstić information content (AvgIpc) is 3.32. The lowest BCUT2D eigenvalue weighted by molar-refractivity contribution is 0.130. The summed E-state index contributed by atoms with van der Waals surface area (Å²) in [6, 6.07) is 0.361. The van der Waals surface area contributed by atoms with Crippen molar-refractivity contribution in [2.45, 2.75) is 50.2 Å². The highest BCUT2D eigenvalue weighted by Crippen LogP contribution is 2.35. The highest BCUT2D eigenvalue weighted by molar-refractivity contribution is 5.75. The van der Waals surface area contributed by atoms with Crippen LogP contribution in [-0.2, 0) is 16.8 Å². The standard InChI is InChI=1S/C16H29N7O2/c1-21(2)16(14-18-19-20-23(14)10-11-25-3)8-9-22(12-16)15(24)17-13-6-4-5-7-13/h13H,4-12H2,1-3H3,(H,17,24). The van der Waals surface area contributed by atoms with Crippen LogP contribution in [0.25, 0.3) is 0 Å². The number of methoxy groups -OCH3 is 1. The number of urea groups is 1. The maximum absolute atomic E-state index is 12.7. The first-order valence-electron chi connectivity index (χ1n) is 9.05. The van der Waals surface area contributed by atoms with Gasteiger partial charge in [0.2, 0.25) is 0 Å². The first-order chi connectivity index (χ1) is 12.1. The Balaban J connectivity index is 1.73. The molecule has 3 rings (SSSR count). The summed E-state index contributed by atoms with van der Waals surface area (Å²) in [5.74, 6) is 0.797. The van der Waals surface area contributed by atoms with Crippen LogP contribution in [0, 0.1) is 0 Å². The van der Waals surface area contributed by atoms with Gasteiger partial charge in [-0.1, -0.05) is 12.8 Å². The summed E-state index contributed by atoms with van der Waals surface area (Å²) in [4.78, 5) is 16.7. The van der Waals surface area contributed by atoms with Crippen molar-refractivity contribution in [2.24, 2.45) is 0 Å². The number of nitrogens with one attached hydrogen (secondary N) is 1. The average molecular weight is 351 g/mol. The molecular formula is C16H29N7O2. The minimum absolute atomic E-state index is 0.0338. The van der Waals surface area contributed by atoms with Crippen molar-refractivity contribution in [3.05, 3.63) is 5.82 Å². The lowest BCUT2D eigenvalue weighted by Crippen LogP contribution is -2.49. The van der Waals surface area contributed by atoms with Gasteiger partial charge in [-0.25, -0.2) is 9.48 Å². The van der Waals surface area contributed by atoms with E-state index in [-0.39, 0.29) is 11.6 Å². The number of nitrogens with zero attached hydrogens (tertiary/aromatic N) is 6. The van der Waals surface area contributed by atoms with Crippen LogP contribution in [-0.4, -0.2) is 83.0 Å². The maximum Gasteiger partial charge on any atom is 0.317 e. The van der Waals surface area contributed by atoms with Gasteiger partial charge in [0.05, 0.1) is 13.2 Å². The van der Waals surface area contributed by atoms with E-state index in [1.807, 2.05) is 19.0 Å². The minimum Gasteiger partial charge on any atom is -0.383 e. The Morgan fingerprint density at radius 2 is 2.16 bits per heavy atom. The Kier molecular flexibility index (Phi) is 5.53. The van der Waals surface area contributed by atoms with E-state index in [1.54, 1.807) is 11.8 Å². The molecule has 1 aromatic heterocycles. The maximum atomic E-state index is 12.7. The third kappa shape index (κ3) is 3.62. The molecule has 0 bridgehead atoms. The second-order valence-electron chi connectivity index (χ2n) is 7.25. The van der Waals surface area contributed by atoms with Crippen LogP contribution in [0.15, 0.2) is 0 Å². The number of ether oxygens (including phenoxy) is 1. The van der Waals surface area contributed by atoms with Gasteiger partial charge in [0, 0.05) is 26.2 Å². The molecule has 2 amide bonds. The van der Waals surface area contributed by atoms with Gasteiger partial charge in [-0.2, -0.15) is 0 Å². The molecule has 1 unspecified atom stereocenters. The van der Waals surface area contributed by atoms with E-state index >= 15 is 0 Å². The van der Waals surface area contributed by atoms with Gasteiger partial charge >= 0.3 is 6.03 Å². The molecule has 1 atom stereocenters. The predicted molar refractivity (Wildman–Crippen MR) is 92.0 cm³/mol. The van der Waals surface area contributed by atoms with Crippen LogP contribution >= 0.6 is 0 Å². The molecule has 1 saturated heterocycles. The van der Waals surface area contributed by atoms with Crippen LogP contribution in [0.3, 0.4) is 0 Å². The summed E-state index contributed by atoms with van der Waals surface area (Å²) in [5, 5.41) is 15.4. The van der Waals surface area contributed by atoms with Gasteiger partial charge in [-0.15, -0.1) is 5.10 Å². The third-order valence-corrected chi connectivity index (χ3v) is 5.53. The number of likely N-dealkylation sites (tertiary alicyclic amines) is 1. The summed E-state index contributed by atoms with van der Waals surface area (Å²) < 4.78 is 6.95. The van der Waals surface area contributed by atoms with Crippen LogP contribution in [0.5, 0.6) is 0 Å². The molecule has 9 heteroatoms. The topological polar surface area (TPSA) is 88.4 Å². The molecule has 1 saturated carbocycles. The monoisotopic (exact) mass is 351 g/mol. The number of amides is 2. The van der Waals surface area contributed by atoms with Crippen molar-refractivity contribution in [1.29, 1.82) is 0 Å². The lowest BCUT2D eigenvalue weighted by atomic mass is 9.96. The van der Waals surface area contributed by atoms with Crippen molar-refractivity contribution in [3.8, 4) is 0 Å². The van der Waals surface area contributed by atoms with E-state index in [1.165, 1.54) is 12.8 Å². The Bertz CT molecular complexity index is 585. The molecule has 0 spiro atoms. The molecule has 140 valence electrons. The minimum atomic E-state index is -0.371. The summed E-state index contributed by atoms with van der Waals surface area (Å²) in [7, 11) is 5.71. The number of hydrogen-bond acceptors (Lipinski definition) is 6. The highest BCUT2D eigenvalue weighted by Gasteiger charge is 2.47. The number of likely N-dealkylation sites (N-methyl/N-ethyl adjacent to an activating group) is 1. The smallest absolute Gasteiger partial charge is 0.317 e. The predicted octanol–water partition coefficient (Wildman–Crippen LogP) is 0.434. The van der Waals surface area contributed by atoms with Gasteiger partial charge in [0.15, 0.2) is 5.82 Å². The quantitative estimate of drug-likeness (QED) is 0.800. The highest BCUT2D eigenvalue weighted by atomic mass is 16.5. The lowest BCUT2D eigenvalue weighted by Gasteiger charge is -2.34. The van der Waals surface area contributed by atoms with Crippen molar-refractivity contribution < 1.29 is 9.53 Å². The summed E-state index contributed by atoms with van der Waals surface area (Å²) in [6.45, 7) is 2.44. The van der Waals surface area contributed by atoms with E-state index in [9.17, 15) is 4.79 Å². The largest absolute Gasteiger partial charge is 0.383 e. The number of carbonyl (C=O) groups excluding carboxylic acids is 1. The number of hydrogen-bond donors (Lipinski definition) is 1. The van der Waals surface area contributed by atoms with Gasteiger partial charge in [0.1, 0.15) is 5.54 Å². The Morgan fingerprint density at radius 3 is 2.84 bits per heavy atom. The number of aromatic nitrogens is 4. The zero-order valence-electron chi connectivity index (χ0n) is 15.4. The van der Waals surface area contributed by atoms with Gasteiger partial charge in [-0.3, -0.25) is 4.90 Å². The fourth-order valence-corrected chi connectivity index (χ4v) is 3.92. The molecule has 2 fully saturated rings. The van der Waals surface area contributed by atoms with Gasteiger partial charge in [-0.05, 0) is 43.8 Å². The molecular weight excluding hydrogens is 322 g/mol. The first kappa shape index (κ1) is 18.1. The number of tetrazole rings is 1. The molecule has 0 radical (unpaired) electrons. The Hall–Kier alpha value is -1.74. The summed E-state index contributed by atoms with van der Waals surface area (Å²) in [6.07, 6.45) is 5.41. The van der Waals surface area contributed by atoms with Gasteiger partial charge in [0.25, 0.3) is 0 Å². The molecule has 1 aliphatic carbocycles. The van der Waals surface area contributed by atoms with Crippen LogP contribution in [0.2, 0.25) is 0 Å². The van der Waals surface area contributed by atoms with Crippen LogP contribution in [0.1, 0.15) is 37.9 Å². The first-order valence-corrected chi connectivity index (χ1v) is 9.05. The Labute approximate surface area is 148 Å². The molecule has 1 N–H and O–H groups in total. The Morgan fingerprint density at radius 1 is 1.40 bits per heavy atom. The fourth-order valence-electron chi connectivity index (χ4n) is 3.92. The van der Waals surface area contributed by atoms with E-state index in [0.29, 0.717) is 32.3 Å². The van der Waals surface area contributed by atoms with Crippen molar-refractivity contribution >= 4 is 6.03 Å². The zero-order valence-corrected chi connectivity index (χ0v) is 15.4. The molecule has 25 heavy (non-hydrogen) atoms. The normalized spacial score (nSPS) is 24.4. The molecule has 0 aromatic carbocycles.